The molecule has 3 rings (SSSR count). The third-order valence-electron chi connectivity index (χ3n) is 5.26. The second-order valence-electron chi connectivity index (χ2n) is 6.93. The Bertz CT molecular complexity index is 828. The van der Waals surface area contributed by atoms with E-state index in [-0.39, 0.29) is 22.5 Å². The highest BCUT2D eigenvalue weighted by molar-refractivity contribution is 5.80. The normalized spacial score (nSPS) is 16.8. The lowest BCUT2D eigenvalue weighted by Gasteiger charge is -2.35. The minimum atomic E-state index is -0.505. The summed E-state index contributed by atoms with van der Waals surface area (Å²) in [5.41, 5.74) is -0.0444. The van der Waals surface area contributed by atoms with Gasteiger partial charge in [0.05, 0.1) is 18.5 Å². The van der Waals surface area contributed by atoms with Crippen molar-refractivity contribution in [1.29, 1.82) is 0 Å². The summed E-state index contributed by atoms with van der Waals surface area (Å²) >= 11 is 0. The second kappa shape index (κ2) is 8.16. The van der Waals surface area contributed by atoms with Gasteiger partial charge in [0.1, 0.15) is 17.1 Å². The Hall–Kier alpha value is -1.95. The zero-order valence-corrected chi connectivity index (χ0v) is 15.9. The summed E-state index contributed by atoms with van der Waals surface area (Å²) in [4.78, 5) is 20.2. The summed E-state index contributed by atoms with van der Waals surface area (Å²) < 4.78 is 21.4. The highest BCUT2D eigenvalue weighted by atomic mass is 19.1. The monoisotopic (exact) mass is 361 g/mol. The quantitative estimate of drug-likeness (QED) is 0.783. The van der Waals surface area contributed by atoms with E-state index in [1.165, 1.54) is 19.6 Å². The number of methoxy groups -OCH3 is 1. The predicted octanol–water partition coefficient (Wildman–Crippen LogP) is 3.89. The molecular formula is C20H28FN3O2. The Kier molecular flexibility index (Phi) is 5.91. The van der Waals surface area contributed by atoms with Gasteiger partial charge in [-0.2, -0.15) is 0 Å². The number of benzene rings is 1. The molecular weight excluding hydrogens is 333 g/mol. The Labute approximate surface area is 153 Å². The van der Waals surface area contributed by atoms with E-state index in [0.717, 1.165) is 38.8 Å². The van der Waals surface area contributed by atoms with Crippen LogP contribution in [0.25, 0.3) is 10.9 Å². The van der Waals surface area contributed by atoms with Gasteiger partial charge in [-0.15, -0.1) is 0 Å². The van der Waals surface area contributed by atoms with E-state index in [1.54, 1.807) is 10.6 Å². The topological polar surface area (TPSA) is 47.4 Å². The van der Waals surface area contributed by atoms with E-state index < -0.39 is 5.82 Å². The number of fused-ring (bicyclic) bond motifs is 1. The number of rotatable bonds is 6. The molecule has 0 N–H and O–H groups in total. The van der Waals surface area contributed by atoms with Crippen molar-refractivity contribution >= 4 is 10.9 Å². The number of ether oxygens (including phenoxy) is 1. The third-order valence-corrected chi connectivity index (χ3v) is 5.26. The number of hydrogen-bond acceptors (Lipinski definition) is 4. The van der Waals surface area contributed by atoms with Crippen LogP contribution in [0.5, 0.6) is 5.75 Å². The fraction of sp³-hybridized carbons (Fsp3) is 0.600. The first-order chi connectivity index (χ1) is 12.6. The number of halogens is 1. The summed E-state index contributed by atoms with van der Waals surface area (Å²) in [5, 5.41) is 0.279. The van der Waals surface area contributed by atoms with Crippen LogP contribution < -0.4 is 10.3 Å². The van der Waals surface area contributed by atoms with Gasteiger partial charge in [0.25, 0.3) is 5.56 Å². The highest BCUT2D eigenvalue weighted by Crippen LogP contribution is 2.29. The molecule has 1 saturated heterocycles. The van der Waals surface area contributed by atoms with Crippen molar-refractivity contribution in [1.82, 2.24) is 14.5 Å². The van der Waals surface area contributed by atoms with Crippen LogP contribution in [0.2, 0.25) is 0 Å². The summed E-state index contributed by atoms with van der Waals surface area (Å²) in [7, 11) is 1.47. The van der Waals surface area contributed by atoms with Crippen LogP contribution in [0.1, 0.15) is 57.8 Å². The lowest BCUT2D eigenvalue weighted by Crippen LogP contribution is -2.38. The Morgan fingerprint density at radius 2 is 1.96 bits per heavy atom. The maximum Gasteiger partial charge on any atom is 0.261 e. The second-order valence-corrected chi connectivity index (χ2v) is 6.93. The van der Waals surface area contributed by atoms with E-state index in [2.05, 4.69) is 16.8 Å². The van der Waals surface area contributed by atoms with Gasteiger partial charge in [-0.3, -0.25) is 14.3 Å². The van der Waals surface area contributed by atoms with Crippen molar-refractivity contribution in [3.05, 3.63) is 34.1 Å². The maximum atomic E-state index is 14.6. The molecule has 1 aromatic carbocycles. The summed E-state index contributed by atoms with van der Waals surface area (Å²) in [5.74, 6) is 0.526. The van der Waals surface area contributed by atoms with Crippen LogP contribution in [0.3, 0.4) is 0 Å². The summed E-state index contributed by atoms with van der Waals surface area (Å²) in [6.07, 6.45) is 5.47. The fourth-order valence-corrected chi connectivity index (χ4v) is 3.93. The van der Waals surface area contributed by atoms with Gasteiger partial charge in [0.15, 0.2) is 5.82 Å². The number of nitrogens with zero attached hydrogens (tertiary/aromatic N) is 3. The van der Waals surface area contributed by atoms with Crippen LogP contribution in [-0.4, -0.2) is 34.7 Å². The summed E-state index contributed by atoms with van der Waals surface area (Å²) in [6.45, 7) is 6.61. The van der Waals surface area contributed by atoms with E-state index in [9.17, 15) is 9.18 Å². The fourth-order valence-electron chi connectivity index (χ4n) is 3.93. The molecule has 5 nitrogen and oxygen atoms in total. The lowest BCUT2D eigenvalue weighted by molar-refractivity contribution is 0.144. The van der Waals surface area contributed by atoms with Gasteiger partial charge in [0, 0.05) is 12.6 Å². The van der Waals surface area contributed by atoms with Crippen LogP contribution in [-0.2, 0) is 6.54 Å². The molecule has 1 aromatic heterocycles. The van der Waals surface area contributed by atoms with Gasteiger partial charge in [-0.05, 0) is 45.3 Å². The predicted molar refractivity (Wildman–Crippen MR) is 101 cm³/mol. The van der Waals surface area contributed by atoms with Gasteiger partial charge < -0.3 is 4.74 Å². The molecule has 0 aliphatic carbocycles. The molecule has 2 heterocycles. The molecule has 0 radical (unpaired) electrons. The van der Waals surface area contributed by atoms with Gasteiger partial charge in [-0.25, -0.2) is 9.37 Å². The van der Waals surface area contributed by atoms with Crippen molar-refractivity contribution in [2.75, 3.05) is 20.2 Å². The van der Waals surface area contributed by atoms with Gasteiger partial charge >= 0.3 is 0 Å². The number of hydrogen-bond donors (Lipinski definition) is 0. The van der Waals surface area contributed by atoms with Crippen molar-refractivity contribution < 1.29 is 9.13 Å². The zero-order valence-electron chi connectivity index (χ0n) is 15.9. The minimum absolute atomic E-state index is 0.0545. The first-order valence-electron chi connectivity index (χ1n) is 9.62. The number of aromatic nitrogens is 2. The maximum absolute atomic E-state index is 14.6. The molecule has 26 heavy (non-hydrogen) atoms. The largest absolute Gasteiger partial charge is 0.497 e. The average molecular weight is 361 g/mol. The molecule has 142 valence electrons. The molecule has 2 aromatic rings. The van der Waals surface area contributed by atoms with Crippen molar-refractivity contribution in [2.45, 2.75) is 58.5 Å². The number of piperidine rings is 1. The van der Waals surface area contributed by atoms with Crippen molar-refractivity contribution in [3.63, 3.8) is 0 Å². The first kappa shape index (κ1) is 18.8. The third kappa shape index (κ3) is 3.47. The molecule has 1 fully saturated rings. The molecule has 6 heteroatoms. The van der Waals surface area contributed by atoms with Crippen LogP contribution in [0.15, 0.2) is 16.9 Å². The Morgan fingerprint density at radius 1 is 1.23 bits per heavy atom. The average Bonchev–Trinajstić information content (AvgIpc) is 2.67. The van der Waals surface area contributed by atoms with Gasteiger partial charge in [-0.1, -0.05) is 19.8 Å². The smallest absolute Gasteiger partial charge is 0.261 e. The lowest BCUT2D eigenvalue weighted by atomic mass is 10.0. The minimum Gasteiger partial charge on any atom is -0.497 e. The van der Waals surface area contributed by atoms with Crippen molar-refractivity contribution in [2.24, 2.45) is 0 Å². The standard InChI is InChI=1S/C20H28FN3O2/c1-4-9-17(23-10-7-6-8-11-23)19-22-18-15(20(25)24(19)5-2)12-14(26-3)13-16(18)21/h12-13,17H,4-11H2,1-3H3/t17-/m1/s1. The highest BCUT2D eigenvalue weighted by Gasteiger charge is 2.27. The summed E-state index contributed by atoms with van der Waals surface area (Å²) in [6, 6.07) is 2.93. The molecule has 1 aliphatic heterocycles. The van der Waals surface area contributed by atoms with E-state index in [1.807, 2.05) is 6.92 Å². The molecule has 0 saturated carbocycles. The van der Waals surface area contributed by atoms with E-state index in [0.29, 0.717) is 18.1 Å². The number of likely N-dealkylation sites (tertiary alicyclic amines) is 1. The van der Waals surface area contributed by atoms with E-state index in [4.69, 9.17) is 4.74 Å². The molecule has 0 unspecified atom stereocenters. The molecule has 0 bridgehead atoms. The SMILES string of the molecule is CCC[C@H](c1nc2c(F)cc(OC)cc2c(=O)n1CC)N1CCCCC1. The van der Waals surface area contributed by atoms with Gasteiger partial charge in [0.2, 0.25) is 0 Å². The molecule has 1 atom stereocenters. The van der Waals surface area contributed by atoms with Crippen molar-refractivity contribution in [3.8, 4) is 5.75 Å². The van der Waals surface area contributed by atoms with Crippen LogP contribution in [0, 0.1) is 5.82 Å². The molecule has 0 amide bonds. The first-order valence-corrected chi connectivity index (χ1v) is 9.62. The van der Waals surface area contributed by atoms with E-state index >= 15 is 0 Å². The zero-order chi connectivity index (χ0) is 18.7. The van der Waals surface area contributed by atoms with Crippen LogP contribution >= 0.6 is 0 Å². The molecule has 1 aliphatic rings. The Morgan fingerprint density at radius 3 is 2.58 bits per heavy atom. The Balaban J connectivity index is 2.19. The van der Waals surface area contributed by atoms with Crippen LogP contribution in [0.4, 0.5) is 4.39 Å². The molecule has 0 spiro atoms.